The third kappa shape index (κ3) is 5.77. The molecule has 4 rings (SSSR count). The van der Waals surface area contributed by atoms with Crippen LogP contribution >= 0.6 is 0 Å². The first-order valence-electron chi connectivity index (χ1n) is 11.8. The first-order chi connectivity index (χ1) is 16.9. The molecule has 0 atom stereocenters. The van der Waals surface area contributed by atoms with Gasteiger partial charge >= 0.3 is 12.4 Å². The van der Waals surface area contributed by atoms with E-state index in [4.69, 9.17) is 0 Å². The molecule has 36 heavy (non-hydrogen) atoms. The second-order valence-corrected chi connectivity index (χ2v) is 9.20. The highest BCUT2D eigenvalue weighted by Gasteiger charge is 2.37. The molecule has 1 saturated carbocycles. The van der Waals surface area contributed by atoms with Crippen molar-refractivity contribution in [1.29, 1.82) is 0 Å². The number of halogens is 6. The number of hydrogen-bond acceptors (Lipinski definition) is 1. The van der Waals surface area contributed by atoms with Crippen molar-refractivity contribution >= 4 is 5.91 Å². The molecule has 9 heteroatoms. The fraction of sp³-hybridized carbons (Fsp3) is 0.370. The van der Waals surface area contributed by atoms with Crippen LogP contribution in [0.1, 0.15) is 64.8 Å². The van der Waals surface area contributed by atoms with Gasteiger partial charge in [-0.15, -0.1) is 0 Å². The van der Waals surface area contributed by atoms with Crippen LogP contribution in [0.5, 0.6) is 0 Å². The van der Waals surface area contributed by atoms with E-state index in [9.17, 15) is 31.1 Å². The van der Waals surface area contributed by atoms with Gasteiger partial charge in [0.15, 0.2) is 0 Å². The fourth-order valence-corrected chi connectivity index (χ4v) is 4.70. The summed E-state index contributed by atoms with van der Waals surface area (Å²) in [6, 6.07) is 11.9. The maximum Gasteiger partial charge on any atom is 0.416 e. The van der Waals surface area contributed by atoms with Crippen LogP contribution in [0.4, 0.5) is 26.3 Å². The lowest BCUT2D eigenvalue weighted by molar-refractivity contribution is -0.143. The van der Waals surface area contributed by atoms with Crippen LogP contribution in [-0.4, -0.2) is 16.5 Å². The smallest absolute Gasteiger partial charge is 0.349 e. The Morgan fingerprint density at radius 2 is 1.47 bits per heavy atom. The van der Waals surface area contributed by atoms with E-state index < -0.39 is 23.5 Å². The lowest BCUT2D eigenvalue weighted by Crippen LogP contribution is -2.36. The lowest BCUT2D eigenvalue weighted by atomic mass is 9.95. The molecule has 3 aromatic rings. The van der Waals surface area contributed by atoms with Gasteiger partial charge in [-0.1, -0.05) is 49.6 Å². The van der Waals surface area contributed by atoms with Gasteiger partial charge in [0.25, 0.3) is 5.91 Å². The SMILES string of the molecule is Cc1c(C(=O)NC2CCCCC2)cc(-c2cc(C(F)(F)F)cc(C(F)(F)F)c2)n1Cc1ccccc1. The van der Waals surface area contributed by atoms with Crippen LogP contribution in [0, 0.1) is 6.92 Å². The highest BCUT2D eigenvalue weighted by Crippen LogP contribution is 2.39. The molecule has 1 heterocycles. The summed E-state index contributed by atoms with van der Waals surface area (Å²) >= 11 is 0. The predicted octanol–water partition coefficient (Wildman–Crippen LogP) is 7.61. The summed E-state index contributed by atoms with van der Waals surface area (Å²) in [6.07, 6.45) is -5.18. The van der Waals surface area contributed by atoms with Gasteiger partial charge in [0, 0.05) is 24.0 Å². The zero-order chi connectivity index (χ0) is 26.1. The zero-order valence-corrected chi connectivity index (χ0v) is 19.6. The number of nitrogens with zero attached hydrogens (tertiary/aromatic N) is 1. The number of amides is 1. The summed E-state index contributed by atoms with van der Waals surface area (Å²) in [5, 5.41) is 2.99. The topological polar surface area (TPSA) is 34.0 Å². The molecule has 0 aliphatic heterocycles. The third-order valence-corrected chi connectivity index (χ3v) is 6.62. The minimum absolute atomic E-state index is 0.00281. The molecule has 0 radical (unpaired) electrons. The molecule has 0 unspecified atom stereocenters. The molecular weight excluding hydrogens is 482 g/mol. The average Bonchev–Trinajstić information content (AvgIpc) is 3.15. The van der Waals surface area contributed by atoms with Crippen molar-refractivity contribution in [3.8, 4) is 11.3 Å². The van der Waals surface area contributed by atoms with E-state index in [0.717, 1.165) is 37.7 Å². The van der Waals surface area contributed by atoms with Gasteiger partial charge in [-0.2, -0.15) is 26.3 Å². The van der Waals surface area contributed by atoms with Crippen LogP contribution in [0.25, 0.3) is 11.3 Å². The molecule has 0 saturated heterocycles. The van der Waals surface area contributed by atoms with E-state index in [0.29, 0.717) is 17.8 Å². The largest absolute Gasteiger partial charge is 0.416 e. The number of benzene rings is 2. The van der Waals surface area contributed by atoms with Crippen molar-refractivity contribution in [2.24, 2.45) is 0 Å². The minimum Gasteiger partial charge on any atom is -0.349 e. The van der Waals surface area contributed by atoms with E-state index in [1.807, 2.05) is 0 Å². The Bertz CT molecular complexity index is 1190. The van der Waals surface area contributed by atoms with Gasteiger partial charge < -0.3 is 9.88 Å². The van der Waals surface area contributed by atoms with Gasteiger partial charge in [0.1, 0.15) is 0 Å². The molecule has 0 bridgehead atoms. The van der Waals surface area contributed by atoms with Crippen LogP contribution in [0.2, 0.25) is 0 Å². The molecule has 1 fully saturated rings. The van der Waals surface area contributed by atoms with Crippen LogP contribution in [-0.2, 0) is 18.9 Å². The number of rotatable bonds is 5. The molecule has 1 aromatic heterocycles. The normalized spacial score (nSPS) is 15.2. The third-order valence-electron chi connectivity index (χ3n) is 6.62. The van der Waals surface area contributed by atoms with Gasteiger partial charge in [-0.05, 0) is 55.2 Å². The first kappa shape index (κ1) is 25.9. The summed E-state index contributed by atoms with van der Waals surface area (Å²) in [6.45, 7) is 1.83. The van der Waals surface area contributed by atoms with Crippen molar-refractivity contribution in [2.75, 3.05) is 0 Å². The molecule has 1 N–H and O–H groups in total. The maximum absolute atomic E-state index is 13.5. The number of nitrogens with one attached hydrogen (secondary N) is 1. The fourth-order valence-electron chi connectivity index (χ4n) is 4.70. The molecule has 0 spiro atoms. The van der Waals surface area contributed by atoms with Gasteiger partial charge in [-0.3, -0.25) is 4.79 Å². The summed E-state index contributed by atoms with van der Waals surface area (Å²) in [4.78, 5) is 13.2. The zero-order valence-electron chi connectivity index (χ0n) is 19.6. The Balaban J connectivity index is 1.84. The highest BCUT2D eigenvalue weighted by molar-refractivity contribution is 5.97. The van der Waals surface area contributed by atoms with Crippen molar-refractivity contribution in [3.05, 3.63) is 82.5 Å². The average molecular weight is 509 g/mol. The Kier molecular flexibility index (Phi) is 7.20. The Hall–Kier alpha value is -3.23. The second kappa shape index (κ2) is 10.0. The number of alkyl halides is 6. The summed E-state index contributed by atoms with van der Waals surface area (Å²) in [7, 11) is 0. The van der Waals surface area contributed by atoms with E-state index >= 15 is 0 Å². The van der Waals surface area contributed by atoms with Crippen LogP contribution in [0.15, 0.2) is 54.6 Å². The first-order valence-corrected chi connectivity index (χ1v) is 11.8. The maximum atomic E-state index is 13.5. The monoisotopic (exact) mass is 508 g/mol. The quantitative estimate of drug-likeness (QED) is 0.354. The number of carbonyl (C=O) groups is 1. The number of carbonyl (C=O) groups excluding carboxylic acids is 1. The van der Waals surface area contributed by atoms with Crippen molar-refractivity contribution < 1.29 is 31.1 Å². The van der Waals surface area contributed by atoms with Gasteiger partial charge in [-0.25, -0.2) is 0 Å². The number of hydrogen-bond donors (Lipinski definition) is 1. The van der Waals surface area contributed by atoms with E-state index in [1.54, 1.807) is 41.8 Å². The second-order valence-electron chi connectivity index (χ2n) is 9.20. The van der Waals surface area contributed by atoms with Crippen molar-refractivity contribution in [1.82, 2.24) is 9.88 Å². The van der Waals surface area contributed by atoms with E-state index in [1.165, 1.54) is 6.07 Å². The van der Waals surface area contributed by atoms with Gasteiger partial charge in [0.05, 0.1) is 16.7 Å². The molecule has 2 aromatic carbocycles. The van der Waals surface area contributed by atoms with E-state index in [-0.39, 0.29) is 41.4 Å². The number of aromatic nitrogens is 1. The summed E-state index contributed by atoms with van der Waals surface area (Å²) in [5.74, 6) is -0.379. The molecule has 192 valence electrons. The summed E-state index contributed by atoms with van der Waals surface area (Å²) < 4.78 is 82.8. The Morgan fingerprint density at radius 3 is 2.03 bits per heavy atom. The van der Waals surface area contributed by atoms with Gasteiger partial charge in [0.2, 0.25) is 0 Å². The molecule has 1 aliphatic rings. The predicted molar refractivity (Wildman–Crippen MR) is 124 cm³/mol. The molecule has 1 amide bonds. The molecular formula is C27H26F6N2O. The molecule has 3 nitrogen and oxygen atoms in total. The van der Waals surface area contributed by atoms with Crippen LogP contribution < -0.4 is 5.32 Å². The van der Waals surface area contributed by atoms with Crippen LogP contribution in [0.3, 0.4) is 0 Å². The highest BCUT2D eigenvalue weighted by atomic mass is 19.4. The van der Waals surface area contributed by atoms with E-state index in [2.05, 4.69) is 5.32 Å². The minimum atomic E-state index is -4.97. The Morgan fingerprint density at radius 1 is 0.889 bits per heavy atom. The Labute approximate surface area is 205 Å². The van der Waals surface area contributed by atoms with Crippen molar-refractivity contribution in [3.63, 3.8) is 0 Å². The lowest BCUT2D eigenvalue weighted by Gasteiger charge is -2.22. The standard InChI is InChI=1S/C27H26F6N2O/c1-17-23(25(36)34-22-10-6-3-7-11-22)15-24(35(17)16-18-8-4-2-5-9-18)19-12-20(26(28,29)30)14-21(13-19)27(31,32)33/h2,4-5,8-9,12-15,22H,3,6-7,10-11,16H2,1H3,(H,34,36). The van der Waals surface area contributed by atoms with Crippen molar-refractivity contribution in [2.45, 2.75) is 64.0 Å². The summed E-state index contributed by atoms with van der Waals surface area (Å²) in [5.41, 5.74) is -1.45. The molecule has 1 aliphatic carbocycles.